The molecule has 0 N–H and O–H groups in total. The molecule has 2 rings (SSSR count). The van der Waals surface area contributed by atoms with Crippen LogP contribution in [0, 0.1) is 10.1 Å². The van der Waals surface area contributed by atoms with Crippen molar-refractivity contribution in [1.82, 2.24) is 9.55 Å². The van der Waals surface area contributed by atoms with Gasteiger partial charge in [-0.1, -0.05) is 65.0 Å². The van der Waals surface area contributed by atoms with Gasteiger partial charge in [0, 0.05) is 9.38 Å². The van der Waals surface area contributed by atoms with Crippen molar-refractivity contribution in [3.05, 3.63) is 66.9 Å². The molecule has 2 atom stereocenters. The van der Waals surface area contributed by atoms with Crippen molar-refractivity contribution in [3.63, 3.8) is 0 Å². The van der Waals surface area contributed by atoms with Gasteiger partial charge in [0.25, 0.3) is 0 Å². The normalized spacial score (nSPS) is 13.1. The minimum atomic E-state index is -0.505. The molecule has 1 heterocycles. The standard InChI is InChI=1S/C13H11Br3N6O2/c14-9-3-1-8(2-4-9)11(15)12(16)13-18-7-10(22(23)24)21(13)6-5-19-20-17/h1-4,7,11-12H,5-6H2. The van der Waals surface area contributed by atoms with E-state index in [0.717, 1.165) is 10.0 Å². The van der Waals surface area contributed by atoms with Crippen LogP contribution in [0.2, 0.25) is 0 Å². The summed E-state index contributed by atoms with van der Waals surface area (Å²) in [5.41, 5.74) is 9.38. The summed E-state index contributed by atoms with van der Waals surface area (Å²) in [6.45, 7) is 0.281. The average molecular weight is 523 g/mol. The first kappa shape index (κ1) is 18.9. The first-order valence-electron chi connectivity index (χ1n) is 6.70. The van der Waals surface area contributed by atoms with Gasteiger partial charge in [-0.25, -0.2) is 9.55 Å². The highest BCUT2D eigenvalue weighted by atomic mass is 79.9. The Morgan fingerprint density at radius 1 is 1.33 bits per heavy atom. The van der Waals surface area contributed by atoms with Gasteiger partial charge in [0.05, 0.1) is 17.9 Å². The SMILES string of the molecule is [N-]=[N+]=NCCn1c([N+](=O)[O-])cnc1C(Br)C(Br)c1ccc(Br)cc1. The highest BCUT2D eigenvalue weighted by Crippen LogP contribution is 2.42. The van der Waals surface area contributed by atoms with Crippen molar-refractivity contribution in [1.29, 1.82) is 0 Å². The molecule has 0 saturated carbocycles. The van der Waals surface area contributed by atoms with Crippen molar-refractivity contribution in [2.45, 2.75) is 16.2 Å². The summed E-state index contributed by atoms with van der Waals surface area (Å²) in [7, 11) is 0. The number of rotatable bonds is 7. The Balaban J connectivity index is 2.33. The molecule has 24 heavy (non-hydrogen) atoms. The molecule has 0 aliphatic heterocycles. The summed E-state index contributed by atoms with van der Waals surface area (Å²) in [5, 5.41) is 14.6. The van der Waals surface area contributed by atoms with E-state index in [0.29, 0.717) is 5.82 Å². The third-order valence-corrected chi connectivity index (χ3v) is 6.46. The molecule has 0 aliphatic carbocycles. The molecule has 0 radical (unpaired) electrons. The highest BCUT2D eigenvalue weighted by Gasteiger charge is 2.30. The second kappa shape index (κ2) is 8.61. The van der Waals surface area contributed by atoms with Crippen molar-refractivity contribution < 1.29 is 4.92 Å². The van der Waals surface area contributed by atoms with Crippen LogP contribution in [0.1, 0.15) is 21.0 Å². The summed E-state index contributed by atoms with van der Waals surface area (Å²) < 4.78 is 2.41. The van der Waals surface area contributed by atoms with Gasteiger partial charge >= 0.3 is 5.82 Å². The topological polar surface area (TPSA) is 110 Å². The molecule has 0 amide bonds. The van der Waals surface area contributed by atoms with Crippen LogP contribution in [0.3, 0.4) is 0 Å². The van der Waals surface area contributed by atoms with Crippen LogP contribution in [0.5, 0.6) is 0 Å². The molecule has 0 saturated heterocycles. The smallest absolute Gasteiger partial charge is 0.342 e. The van der Waals surface area contributed by atoms with E-state index in [4.69, 9.17) is 5.53 Å². The minimum Gasteiger partial charge on any atom is -0.358 e. The molecule has 0 aliphatic rings. The van der Waals surface area contributed by atoms with Crippen LogP contribution >= 0.6 is 47.8 Å². The van der Waals surface area contributed by atoms with Crippen LogP contribution in [-0.2, 0) is 6.54 Å². The molecular formula is C13H11Br3N6O2. The van der Waals surface area contributed by atoms with E-state index in [-0.39, 0.29) is 28.6 Å². The van der Waals surface area contributed by atoms with Crippen LogP contribution < -0.4 is 0 Å². The number of imidazole rings is 1. The maximum atomic E-state index is 11.2. The maximum Gasteiger partial charge on any atom is 0.342 e. The first-order chi connectivity index (χ1) is 11.5. The van der Waals surface area contributed by atoms with Gasteiger partial charge in [0.2, 0.25) is 5.82 Å². The molecule has 2 aromatic rings. The van der Waals surface area contributed by atoms with E-state index in [2.05, 4.69) is 62.8 Å². The number of hydrogen-bond donors (Lipinski definition) is 0. The lowest BCUT2D eigenvalue weighted by Crippen LogP contribution is -2.12. The minimum absolute atomic E-state index is 0.103. The Kier molecular flexibility index (Phi) is 6.79. The summed E-state index contributed by atoms with van der Waals surface area (Å²) in [6.07, 6.45) is 1.21. The number of hydrogen-bond acceptors (Lipinski definition) is 4. The second-order valence-electron chi connectivity index (χ2n) is 4.69. The van der Waals surface area contributed by atoms with Crippen molar-refractivity contribution in [2.24, 2.45) is 5.11 Å². The van der Waals surface area contributed by atoms with E-state index in [9.17, 15) is 10.1 Å². The van der Waals surface area contributed by atoms with E-state index in [1.54, 1.807) is 0 Å². The third kappa shape index (κ3) is 4.35. The van der Waals surface area contributed by atoms with Gasteiger partial charge in [0.15, 0.2) is 0 Å². The molecule has 126 valence electrons. The van der Waals surface area contributed by atoms with Gasteiger partial charge in [-0.15, -0.1) is 0 Å². The summed E-state index contributed by atoms with van der Waals surface area (Å²) in [5.74, 6) is 0.345. The lowest BCUT2D eigenvalue weighted by molar-refractivity contribution is -0.392. The predicted molar refractivity (Wildman–Crippen MR) is 100 cm³/mol. The second-order valence-corrected chi connectivity index (χ2v) is 7.58. The van der Waals surface area contributed by atoms with Crippen LogP contribution in [0.4, 0.5) is 5.82 Å². The average Bonchev–Trinajstić information content (AvgIpc) is 2.98. The van der Waals surface area contributed by atoms with Gasteiger partial charge in [-0.2, -0.15) is 0 Å². The molecule has 0 fully saturated rings. The van der Waals surface area contributed by atoms with Gasteiger partial charge < -0.3 is 10.1 Å². The number of nitro groups is 1. The number of aromatic nitrogens is 2. The number of benzene rings is 1. The molecule has 8 nitrogen and oxygen atoms in total. The van der Waals surface area contributed by atoms with Gasteiger partial charge in [0.1, 0.15) is 11.0 Å². The summed E-state index contributed by atoms with van der Waals surface area (Å²) in [6, 6.07) is 7.72. The Labute approximate surface area is 162 Å². The number of alkyl halides is 2. The number of halogens is 3. The summed E-state index contributed by atoms with van der Waals surface area (Å²) in [4.78, 5) is 17.1. The van der Waals surface area contributed by atoms with Crippen molar-refractivity contribution in [2.75, 3.05) is 6.54 Å². The molecule has 1 aromatic heterocycles. The Bertz CT molecular complexity index is 773. The molecular weight excluding hydrogens is 512 g/mol. The Hall–Kier alpha value is -1.42. The molecule has 11 heteroatoms. The monoisotopic (exact) mass is 520 g/mol. The zero-order chi connectivity index (χ0) is 17.7. The lowest BCUT2D eigenvalue weighted by Gasteiger charge is -2.16. The molecule has 2 unspecified atom stereocenters. The predicted octanol–water partition coefficient (Wildman–Crippen LogP) is 5.44. The Morgan fingerprint density at radius 2 is 2.00 bits per heavy atom. The molecule has 0 spiro atoms. The first-order valence-corrected chi connectivity index (χ1v) is 9.32. The largest absolute Gasteiger partial charge is 0.358 e. The zero-order valence-electron chi connectivity index (χ0n) is 12.1. The fourth-order valence-electron chi connectivity index (χ4n) is 2.11. The van der Waals surface area contributed by atoms with Gasteiger partial charge in [-0.05, 0) is 28.2 Å². The fourth-order valence-corrected chi connectivity index (χ4v) is 3.59. The van der Waals surface area contributed by atoms with E-state index in [1.807, 2.05) is 24.3 Å². The lowest BCUT2D eigenvalue weighted by atomic mass is 10.1. The van der Waals surface area contributed by atoms with Crippen LogP contribution in [0.25, 0.3) is 10.4 Å². The van der Waals surface area contributed by atoms with Crippen LogP contribution in [0.15, 0.2) is 40.0 Å². The quantitative estimate of drug-likeness (QED) is 0.121. The van der Waals surface area contributed by atoms with Gasteiger partial charge in [-0.3, -0.25) is 0 Å². The van der Waals surface area contributed by atoms with E-state index < -0.39 is 4.92 Å². The van der Waals surface area contributed by atoms with Crippen LogP contribution in [-0.4, -0.2) is 21.0 Å². The van der Waals surface area contributed by atoms with E-state index >= 15 is 0 Å². The summed E-state index contributed by atoms with van der Waals surface area (Å²) >= 11 is 10.6. The third-order valence-electron chi connectivity index (χ3n) is 3.23. The Morgan fingerprint density at radius 3 is 2.58 bits per heavy atom. The number of azide groups is 1. The highest BCUT2D eigenvalue weighted by molar-refractivity contribution is 9.12. The van der Waals surface area contributed by atoms with Crippen molar-refractivity contribution >= 4 is 53.6 Å². The molecule has 1 aromatic carbocycles. The molecule has 0 bridgehead atoms. The van der Waals surface area contributed by atoms with E-state index in [1.165, 1.54) is 10.8 Å². The fraction of sp³-hybridized carbons (Fsp3) is 0.308. The zero-order valence-corrected chi connectivity index (χ0v) is 16.8. The van der Waals surface area contributed by atoms with Crippen molar-refractivity contribution in [3.8, 4) is 0 Å². The number of nitrogens with zero attached hydrogens (tertiary/aromatic N) is 6. The maximum absolute atomic E-state index is 11.2.